The summed E-state index contributed by atoms with van der Waals surface area (Å²) in [5.41, 5.74) is 2.43. The Morgan fingerprint density at radius 2 is 1.71 bits per heavy atom. The molecule has 0 saturated carbocycles. The number of benzene rings is 2. The number of carbonyl (C=O) groups is 1. The van der Waals surface area contributed by atoms with Crippen molar-refractivity contribution in [3.63, 3.8) is 0 Å². The highest BCUT2D eigenvalue weighted by atomic mass is 32.2. The van der Waals surface area contributed by atoms with Gasteiger partial charge in [-0.15, -0.1) is 0 Å². The molecule has 0 radical (unpaired) electrons. The summed E-state index contributed by atoms with van der Waals surface area (Å²) < 4.78 is 33.6. The van der Waals surface area contributed by atoms with Gasteiger partial charge in [0, 0.05) is 32.6 Å². The number of hydrogen-bond acceptors (Lipinski definition) is 7. The lowest BCUT2D eigenvalue weighted by Gasteiger charge is -2.31. The van der Waals surface area contributed by atoms with Crippen LogP contribution in [0.1, 0.15) is 37.4 Å². The zero-order valence-electron chi connectivity index (χ0n) is 19.6. The van der Waals surface area contributed by atoms with Crippen LogP contribution in [0.3, 0.4) is 0 Å². The van der Waals surface area contributed by atoms with E-state index in [9.17, 15) is 13.2 Å². The van der Waals surface area contributed by atoms with Gasteiger partial charge in [0.25, 0.3) is 5.91 Å². The second-order valence-corrected chi connectivity index (χ2v) is 10.9. The van der Waals surface area contributed by atoms with Gasteiger partial charge in [-0.2, -0.15) is 4.31 Å². The van der Waals surface area contributed by atoms with E-state index in [1.807, 2.05) is 30.3 Å². The molecule has 3 heterocycles. The molecule has 0 bridgehead atoms. The fourth-order valence-corrected chi connectivity index (χ4v) is 6.21. The van der Waals surface area contributed by atoms with Crippen molar-refractivity contribution in [2.75, 3.05) is 49.6 Å². The van der Waals surface area contributed by atoms with Gasteiger partial charge < -0.3 is 19.8 Å². The Bertz CT molecular complexity index is 1190. The van der Waals surface area contributed by atoms with Crippen LogP contribution in [0.4, 0.5) is 11.4 Å². The van der Waals surface area contributed by atoms with Gasteiger partial charge >= 0.3 is 0 Å². The molecule has 2 fully saturated rings. The van der Waals surface area contributed by atoms with Gasteiger partial charge in [-0.25, -0.2) is 8.42 Å². The lowest BCUT2D eigenvalue weighted by Crippen LogP contribution is -2.37. The first-order chi connectivity index (χ1) is 17.0. The van der Waals surface area contributed by atoms with Crippen LogP contribution in [0.5, 0.6) is 0 Å². The fraction of sp³-hybridized carbons (Fsp3) is 0.440. The lowest BCUT2D eigenvalue weighted by molar-refractivity contribution is -0.110. The predicted molar refractivity (Wildman–Crippen MR) is 133 cm³/mol. The first-order valence-corrected chi connectivity index (χ1v) is 13.5. The van der Waals surface area contributed by atoms with Crippen molar-refractivity contribution in [2.45, 2.75) is 36.7 Å². The van der Waals surface area contributed by atoms with E-state index in [0.717, 1.165) is 30.5 Å². The number of sulfonamides is 1. The first kappa shape index (κ1) is 23.8. The minimum atomic E-state index is -3.65. The molecule has 186 valence electrons. The Balaban J connectivity index is 1.39. The third-order valence-electron chi connectivity index (χ3n) is 6.62. The van der Waals surface area contributed by atoms with E-state index in [-0.39, 0.29) is 16.7 Å². The molecular weight excluding hydrogens is 468 g/mol. The van der Waals surface area contributed by atoms with Crippen molar-refractivity contribution in [1.82, 2.24) is 4.31 Å². The molecule has 2 saturated heterocycles. The highest BCUT2D eigenvalue weighted by Gasteiger charge is 2.30. The van der Waals surface area contributed by atoms with Crippen molar-refractivity contribution < 1.29 is 22.8 Å². The molecule has 5 rings (SSSR count). The zero-order chi connectivity index (χ0) is 24.3. The Hall–Kier alpha value is -2.95. The van der Waals surface area contributed by atoms with E-state index in [2.05, 4.69) is 15.4 Å². The van der Waals surface area contributed by atoms with Crippen LogP contribution in [0.25, 0.3) is 0 Å². The normalized spacial score (nSPS) is 21.3. The summed E-state index contributed by atoms with van der Waals surface area (Å²) in [4.78, 5) is 20.9. The molecule has 1 amide bonds. The number of carbonyl (C=O) groups excluding carboxylic acids is 1. The van der Waals surface area contributed by atoms with Crippen molar-refractivity contribution in [2.24, 2.45) is 5.16 Å². The highest BCUT2D eigenvalue weighted by Crippen LogP contribution is 2.33. The number of anilines is 2. The molecule has 0 spiro atoms. The summed E-state index contributed by atoms with van der Waals surface area (Å²) in [5, 5.41) is 6.94. The van der Waals surface area contributed by atoms with E-state index >= 15 is 0 Å². The van der Waals surface area contributed by atoms with E-state index in [0.29, 0.717) is 51.5 Å². The average Bonchev–Trinajstić information content (AvgIpc) is 3.41. The van der Waals surface area contributed by atoms with Crippen LogP contribution < -0.4 is 10.2 Å². The van der Waals surface area contributed by atoms with Crippen LogP contribution in [0.2, 0.25) is 0 Å². The Kier molecular flexibility index (Phi) is 7.03. The molecular formula is C25H30N4O5S. The van der Waals surface area contributed by atoms with Gasteiger partial charge in [-0.05, 0) is 36.6 Å². The van der Waals surface area contributed by atoms with Crippen LogP contribution >= 0.6 is 0 Å². The summed E-state index contributed by atoms with van der Waals surface area (Å²) in [5.74, 6) is -0.398. The number of piperidine rings is 1. The summed E-state index contributed by atoms with van der Waals surface area (Å²) in [6.45, 7) is 3.48. The molecule has 10 heteroatoms. The number of amides is 1. The molecule has 2 aromatic carbocycles. The molecule has 1 N–H and O–H groups in total. The minimum absolute atomic E-state index is 0.179. The molecule has 3 aliphatic heterocycles. The molecule has 1 unspecified atom stereocenters. The monoisotopic (exact) mass is 498 g/mol. The maximum absolute atomic E-state index is 13.3. The largest absolute Gasteiger partial charge is 0.387 e. The SMILES string of the molecule is O=C(Nc1cc(S(=O)(=O)N2CCCCC2)ccc1N1CCOCC1)C1=NOC(c2ccccc2)C1. The van der Waals surface area contributed by atoms with E-state index in [1.54, 1.807) is 18.2 Å². The third-order valence-corrected chi connectivity index (χ3v) is 8.52. The minimum Gasteiger partial charge on any atom is -0.387 e. The van der Waals surface area contributed by atoms with Gasteiger partial charge in [0.1, 0.15) is 5.71 Å². The number of rotatable bonds is 6. The topological polar surface area (TPSA) is 101 Å². The average molecular weight is 499 g/mol. The number of nitrogens with one attached hydrogen (secondary N) is 1. The fourth-order valence-electron chi connectivity index (χ4n) is 4.66. The van der Waals surface area contributed by atoms with Crippen molar-refractivity contribution in [3.05, 3.63) is 54.1 Å². The van der Waals surface area contributed by atoms with Gasteiger partial charge in [-0.3, -0.25) is 4.79 Å². The molecule has 3 aliphatic rings. The lowest BCUT2D eigenvalue weighted by atomic mass is 10.0. The molecule has 35 heavy (non-hydrogen) atoms. The van der Waals surface area contributed by atoms with Gasteiger partial charge in [0.2, 0.25) is 10.0 Å². The maximum atomic E-state index is 13.3. The number of hydrogen-bond donors (Lipinski definition) is 1. The summed E-state index contributed by atoms with van der Waals surface area (Å²) in [6, 6.07) is 14.6. The van der Waals surface area contributed by atoms with E-state index in [1.165, 1.54) is 4.31 Å². The number of nitrogens with zero attached hydrogens (tertiary/aromatic N) is 3. The third kappa shape index (κ3) is 5.19. The highest BCUT2D eigenvalue weighted by molar-refractivity contribution is 7.89. The standard InChI is InChI=1S/C25H30N4O5S/c30-25(22-18-24(34-27-22)19-7-3-1-4-8-19)26-21-17-20(35(31,32)29-11-5-2-6-12-29)9-10-23(21)28-13-15-33-16-14-28/h1,3-4,7-10,17,24H,2,5-6,11-16,18H2,(H,26,30). The van der Waals surface area contributed by atoms with Crippen LogP contribution in [-0.4, -0.2) is 63.7 Å². The Morgan fingerprint density at radius 1 is 0.971 bits per heavy atom. The summed E-state index contributed by atoms with van der Waals surface area (Å²) >= 11 is 0. The molecule has 9 nitrogen and oxygen atoms in total. The van der Waals surface area contributed by atoms with Crippen LogP contribution in [-0.2, 0) is 24.4 Å². The number of morpholine rings is 1. The summed E-state index contributed by atoms with van der Waals surface area (Å²) in [6.07, 6.45) is 2.78. The van der Waals surface area contributed by atoms with Crippen molar-refractivity contribution in [3.8, 4) is 0 Å². The Morgan fingerprint density at radius 3 is 2.46 bits per heavy atom. The zero-order valence-corrected chi connectivity index (χ0v) is 20.4. The van der Waals surface area contributed by atoms with Gasteiger partial charge in [0.15, 0.2) is 6.10 Å². The van der Waals surface area contributed by atoms with Crippen LogP contribution in [0, 0.1) is 0 Å². The molecule has 0 aromatic heterocycles. The molecule has 0 aliphatic carbocycles. The number of ether oxygens (including phenoxy) is 1. The second kappa shape index (κ2) is 10.3. The van der Waals surface area contributed by atoms with Crippen molar-refractivity contribution >= 4 is 33.0 Å². The molecule has 1 atom stereocenters. The van der Waals surface area contributed by atoms with Gasteiger partial charge in [-0.1, -0.05) is 41.9 Å². The first-order valence-electron chi connectivity index (χ1n) is 12.1. The van der Waals surface area contributed by atoms with Crippen molar-refractivity contribution in [1.29, 1.82) is 0 Å². The predicted octanol–water partition coefficient (Wildman–Crippen LogP) is 3.15. The van der Waals surface area contributed by atoms with E-state index in [4.69, 9.17) is 9.57 Å². The maximum Gasteiger partial charge on any atom is 0.273 e. The Labute approximate surface area is 205 Å². The number of oxime groups is 1. The van der Waals surface area contributed by atoms with Crippen LogP contribution in [0.15, 0.2) is 58.6 Å². The quantitative estimate of drug-likeness (QED) is 0.657. The van der Waals surface area contributed by atoms with Gasteiger partial charge in [0.05, 0.1) is 29.5 Å². The summed E-state index contributed by atoms with van der Waals surface area (Å²) in [7, 11) is -3.65. The van der Waals surface area contributed by atoms with E-state index < -0.39 is 15.9 Å². The molecule has 2 aromatic rings. The second-order valence-electron chi connectivity index (χ2n) is 8.94. The smallest absolute Gasteiger partial charge is 0.273 e.